The van der Waals surface area contributed by atoms with E-state index in [-0.39, 0.29) is 10.2 Å². The van der Waals surface area contributed by atoms with E-state index in [2.05, 4.69) is 9.36 Å². The van der Waals surface area contributed by atoms with Gasteiger partial charge < -0.3 is 0 Å². The van der Waals surface area contributed by atoms with Crippen molar-refractivity contribution in [1.82, 2.24) is 9.36 Å². The molecule has 1 aromatic rings. The van der Waals surface area contributed by atoms with Crippen molar-refractivity contribution in [2.45, 2.75) is 10.2 Å². The first-order chi connectivity index (χ1) is 5.04. The number of aromatic nitrogens is 2. The Morgan fingerprint density at radius 2 is 2.27 bits per heavy atom. The van der Waals surface area contributed by atoms with Gasteiger partial charge in [-0.15, -0.1) is 11.6 Å². The van der Waals surface area contributed by atoms with E-state index in [1.54, 1.807) is 0 Å². The van der Waals surface area contributed by atoms with Gasteiger partial charge in [-0.25, -0.2) is 13.4 Å². The highest BCUT2D eigenvalue weighted by atomic mass is 35.5. The first-order valence-electron chi connectivity index (χ1n) is 2.62. The molecule has 11 heavy (non-hydrogen) atoms. The third-order valence-electron chi connectivity index (χ3n) is 0.886. The van der Waals surface area contributed by atoms with Crippen LogP contribution < -0.4 is 0 Å². The first-order valence-corrected chi connectivity index (χ1v) is 5.82. The number of sulfone groups is 1. The molecular formula is C4H5ClN2O2S2. The van der Waals surface area contributed by atoms with Crippen molar-refractivity contribution in [3.05, 3.63) is 5.82 Å². The Balaban J connectivity index is 3.09. The molecule has 0 aliphatic heterocycles. The fourth-order valence-electron chi connectivity index (χ4n) is 0.443. The van der Waals surface area contributed by atoms with Gasteiger partial charge in [-0.3, -0.25) is 0 Å². The Morgan fingerprint density at radius 1 is 1.64 bits per heavy atom. The average Bonchev–Trinajstić information content (AvgIpc) is 2.32. The molecule has 1 rings (SSSR count). The summed E-state index contributed by atoms with van der Waals surface area (Å²) in [6.45, 7) is 0. The fourth-order valence-corrected chi connectivity index (χ4v) is 1.99. The summed E-state index contributed by atoms with van der Waals surface area (Å²) in [4.78, 5) is 3.69. The molecular weight excluding hydrogens is 208 g/mol. The predicted octanol–water partition coefficient (Wildman–Crippen LogP) is 0.680. The van der Waals surface area contributed by atoms with Crippen molar-refractivity contribution in [1.29, 1.82) is 0 Å². The third kappa shape index (κ3) is 2.11. The van der Waals surface area contributed by atoms with E-state index in [0.717, 1.165) is 17.8 Å². The van der Waals surface area contributed by atoms with Gasteiger partial charge in [0.1, 0.15) is 0 Å². The number of halogens is 1. The molecule has 4 nitrogen and oxygen atoms in total. The van der Waals surface area contributed by atoms with Crippen LogP contribution in [-0.2, 0) is 15.7 Å². The molecule has 0 spiro atoms. The zero-order valence-electron chi connectivity index (χ0n) is 5.61. The highest BCUT2D eigenvalue weighted by Gasteiger charge is 2.12. The lowest BCUT2D eigenvalue weighted by molar-refractivity contribution is 0.601. The van der Waals surface area contributed by atoms with E-state index < -0.39 is 9.84 Å². The number of alkyl halides is 1. The molecule has 0 bridgehead atoms. The normalized spacial score (nSPS) is 11.8. The maximum atomic E-state index is 10.8. The van der Waals surface area contributed by atoms with Crippen LogP contribution in [0.1, 0.15) is 5.82 Å². The number of hydrogen-bond acceptors (Lipinski definition) is 5. The zero-order chi connectivity index (χ0) is 8.48. The Kier molecular flexibility index (Phi) is 2.46. The Morgan fingerprint density at radius 3 is 2.55 bits per heavy atom. The SMILES string of the molecule is CS(=O)(=O)c1nc(CCl)ns1. The quantitative estimate of drug-likeness (QED) is 0.677. The lowest BCUT2D eigenvalue weighted by atomic mass is 10.7. The Hall–Kier alpha value is -0.200. The summed E-state index contributed by atoms with van der Waals surface area (Å²) < 4.78 is 25.4. The minimum Gasteiger partial charge on any atom is -0.221 e. The summed E-state index contributed by atoms with van der Waals surface area (Å²) >= 11 is 6.22. The van der Waals surface area contributed by atoms with Gasteiger partial charge in [-0.1, -0.05) is 0 Å². The fraction of sp³-hybridized carbons (Fsp3) is 0.500. The van der Waals surface area contributed by atoms with Gasteiger partial charge in [-0.2, -0.15) is 4.37 Å². The molecule has 0 fully saturated rings. The van der Waals surface area contributed by atoms with Crippen LogP contribution >= 0.6 is 23.1 Å². The molecule has 0 aliphatic rings. The zero-order valence-corrected chi connectivity index (χ0v) is 8.00. The van der Waals surface area contributed by atoms with Gasteiger partial charge in [-0.05, 0) is 11.5 Å². The Bertz CT molecular complexity index is 345. The molecule has 0 N–H and O–H groups in total. The largest absolute Gasteiger partial charge is 0.228 e. The van der Waals surface area contributed by atoms with E-state index in [1.165, 1.54) is 0 Å². The maximum Gasteiger partial charge on any atom is 0.228 e. The molecule has 0 atom stereocenters. The topological polar surface area (TPSA) is 59.9 Å². The number of rotatable bonds is 2. The minimum atomic E-state index is -3.21. The third-order valence-corrected chi connectivity index (χ3v) is 3.53. The summed E-state index contributed by atoms with van der Waals surface area (Å²) in [5.74, 6) is 0.503. The summed E-state index contributed by atoms with van der Waals surface area (Å²) in [5.41, 5.74) is 0. The second kappa shape index (κ2) is 3.04. The minimum absolute atomic E-state index is 0.0214. The summed E-state index contributed by atoms with van der Waals surface area (Å²) in [7, 11) is -3.21. The van der Waals surface area contributed by atoms with Gasteiger partial charge in [0.2, 0.25) is 14.2 Å². The van der Waals surface area contributed by atoms with Gasteiger partial charge in [0, 0.05) is 6.26 Å². The lowest BCUT2D eigenvalue weighted by Crippen LogP contribution is -1.95. The highest BCUT2D eigenvalue weighted by molar-refractivity contribution is 7.92. The van der Waals surface area contributed by atoms with Crippen LogP contribution in [-0.4, -0.2) is 24.0 Å². The summed E-state index contributed by atoms with van der Waals surface area (Å²) in [6.07, 6.45) is 1.09. The van der Waals surface area contributed by atoms with E-state index in [9.17, 15) is 8.42 Å². The molecule has 0 aliphatic carbocycles. The van der Waals surface area contributed by atoms with Gasteiger partial charge >= 0.3 is 0 Å². The van der Waals surface area contributed by atoms with E-state index >= 15 is 0 Å². The smallest absolute Gasteiger partial charge is 0.221 e. The Labute approximate surface area is 73.3 Å². The van der Waals surface area contributed by atoms with Crippen LogP contribution in [0.3, 0.4) is 0 Å². The number of nitrogens with zero attached hydrogens (tertiary/aromatic N) is 2. The predicted molar refractivity (Wildman–Crippen MR) is 42.6 cm³/mol. The van der Waals surface area contributed by atoms with Crippen LogP contribution in [0.4, 0.5) is 0 Å². The second-order valence-corrected chi connectivity index (χ2v) is 5.09. The van der Waals surface area contributed by atoms with Crippen molar-refractivity contribution in [3.8, 4) is 0 Å². The van der Waals surface area contributed by atoms with Crippen molar-refractivity contribution < 1.29 is 8.42 Å². The molecule has 62 valence electrons. The molecule has 0 saturated heterocycles. The van der Waals surface area contributed by atoms with Gasteiger partial charge in [0.15, 0.2) is 5.82 Å². The summed E-state index contributed by atoms with van der Waals surface area (Å²) in [5, 5.41) is 0. The maximum absolute atomic E-state index is 10.8. The molecule has 1 heterocycles. The number of hydrogen-bond donors (Lipinski definition) is 0. The molecule has 0 unspecified atom stereocenters. The van der Waals surface area contributed by atoms with Crippen LogP contribution in [0.25, 0.3) is 0 Å². The molecule has 0 amide bonds. The molecule has 7 heteroatoms. The lowest BCUT2D eigenvalue weighted by Gasteiger charge is -1.84. The first kappa shape index (κ1) is 8.89. The average molecular weight is 213 g/mol. The van der Waals surface area contributed by atoms with E-state index in [0.29, 0.717) is 5.82 Å². The van der Waals surface area contributed by atoms with Gasteiger partial charge in [0.25, 0.3) is 0 Å². The van der Waals surface area contributed by atoms with E-state index in [1.807, 2.05) is 0 Å². The van der Waals surface area contributed by atoms with Crippen molar-refractivity contribution in [3.63, 3.8) is 0 Å². The highest BCUT2D eigenvalue weighted by Crippen LogP contribution is 2.12. The van der Waals surface area contributed by atoms with Crippen LogP contribution in [0.5, 0.6) is 0 Å². The monoisotopic (exact) mass is 212 g/mol. The molecule has 0 aromatic carbocycles. The van der Waals surface area contributed by atoms with Crippen molar-refractivity contribution in [2.24, 2.45) is 0 Å². The summed E-state index contributed by atoms with van der Waals surface area (Å²) in [6, 6.07) is 0. The van der Waals surface area contributed by atoms with Crippen LogP contribution in [0, 0.1) is 0 Å². The van der Waals surface area contributed by atoms with Crippen molar-refractivity contribution in [2.75, 3.05) is 6.26 Å². The molecule has 0 saturated carbocycles. The second-order valence-electron chi connectivity index (χ2n) is 1.88. The van der Waals surface area contributed by atoms with Crippen LogP contribution in [0.2, 0.25) is 0 Å². The van der Waals surface area contributed by atoms with Gasteiger partial charge in [0.05, 0.1) is 5.88 Å². The van der Waals surface area contributed by atoms with E-state index in [4.69, 9.17) is 11.6 Å². The van der Waals surface area contributed by atoms with Crippen molar-refractivity contribution >= 4 is 33.0 Å². The molecule has 1 aromatic heterocycles. The molecule has 0 radical (unpaired) electrons. The van der Waals surface area contributed by atoms with Crippen LogP contribution in [0.15, 0.2) is 4.34 Å². The standard InChI is InChI=1S/C4H5ClN2O2S2/c1-11(8,9)4-6-3(2-5)7-10-4/h2H2,1H3.